The number of fused-ring (bicyclic) bond motifs is 1. The molecule has 3 nitrogen and oxygen atoms in total. The van der Waals surface area contributed by atoms with Crippen molar-refractivity contribution in [1.29, 1.82) is 0 Å². The van der Waals surface area contributed by atoms with Gasteiger partial charge in [-0.3, -0.25) is 0 Å². The second-order valence-electron chi connectivity index (χ2n) is 17.0. The Morgan fingerprint density at radius 2 is 0.649 bits per heavy atom. The topological polar surface area (TPSA) is 38.0 Å². The number of benzene rings is 6. The molecule has 30 heteroatoms. The molecule has 0 saturated heterocycles. The largest absolute Gasteiger partial charge is 0.416 e. The average molecular weight is 1170 g/mol. The number of sulfone groups is 1. The van der Waals surface area contributed by atoms with Crippen LogP contribution in [0.2, 0.25) is 0 Å². The molecule has 0 unspecified atom stereocenters. The molecule has 0 aliphatic heterocycles. The Kier molecular flexibility index (Phi) is 15.6. The molecule has 0 aliphatic rings. The second kappa shape index (κ2) is 20.1. The summed E-state index contributed by atoms with van der Waals surface area (Å²) >= 11 is 1.71. The number of hydrogen-bond acceptors (Lipinski definition) is 3. The van der Waals surface area contributed by atoms with Gasteiger partial charge in [0.05, 0.1) is 49.4 Å². The van der Waals surface area contributed by atoms with Gasteiger partial charge in [0.2, 0.25) is 11.0 Å². The van der Waals surface area contributed by atoms with Crippen molar-refractivity contribution >= 4 is 59.4 Å². The predicted octanol–water partition coefficient (Wildman–Crippen LogP) is 13.9. The maximum absolute atomic E-state index is 14.2. The van der Waals surface area contributed by atoms with Crippen LogP contribution < -0.4 is 26.4 Å². The molecule has 0 aliphatic carbocycles. The van der Waals surface area contributed by atoms with Crippen molar-refractivity contribution in [2.45, 2.75) is 60.9 Å². The maximum atomic E-state index is 14.2. The average Bonchev–Trinajstić information content (AvgIpc) is 3.69. The van der Waals surface area contributed by atoms with E-state index in [1.165, 1.54) is 16.5 Å². The Morgan fingerprint density at radius 1 is 0.390 bits per heavy atom. The lowest BCUT2D eigenvalue weighted by Crippen LogP contribution is -2.75. The standard InChI is InChI=1S/C32H12BF24.C15H14NO2S2/c34-25(35,36)13-1-14(26(37,38)39)6-21(5-13)33(22-7-15(27(40,41)42)2-16(8-22)28(43,44)45,23-9-17(29(46,47)48)3-18(10-23)30(49,50)51)24-11-19(31(52,53)54)4-20(12-24)32(55,56)57;1-20(17,18)13-8-6-12(7-9-13)10-16-11-19-15-5-3-2-4-14(15)16/h1-12H;2-9,11H,10H2,1H3/q-1;+1. The van der Waals surface area contributed by atoms with E-state index in [-0.39, 0.29) is 0 Å². The fourth-order valence-corrected chi connectivity index (χ4v) is 9.73. The highest BCUT2D eigenvalue weighted by Gasteiger charge is 2.47. The van der Waals surface area contributed by atoms with Gasteiger partial charge >= 0.3 is 49.4 Å². The number of para-hydroxylation sites is 1. The van der Waals surface area contributed by atoms with E-state index in [0.717, 1.165) is 12.1 Å². The minimum atomic E-state index is -6.13. The van der Waals surface area contributed by atoms with Crippen molar-refractivity contribution in [3.8, 4) is 0 Å². The molecular weight excluding hydrogens is 1140 g/mol. The van der Waals surface area contributed by atoms with Crippen LogP contribution in [0.15, 0.2) is 132 Å². The first-order chi connectivity index (χ1) is 34.8. The van der Waals surface area contributed by atoms with Gasteiger partial charge in [-0.2, -0.15) is 132 Å². The normalized spacial score (nSPS) is 13.7. The zero-order chi connectivity index (χ0) is 58.1. The Balaban J connectivity index is 0.000000397. The SMILES string of the molecule is CS(=O)(=O)c1ccc(C[n+]2csc3ccccc32)cc1.FC(F)(F)c1cc([B-](c2cc(C(F)(F)F)cc(C(F)(F)F)c2)(c2cc(C(F)(F)F)cc(C(F)(F)F)c2)c2cc(C(F)(F)F)cc(C(F)(F)F)c2)cc(C(F)(F)F)c1. The number of rotatable bonds is 7. The molecule has 7 rings (SSSR count). The van der Waals surface area contributed by atoms with Crippen molar-refractivity contribution in [2.75, 3.05) is 6.26 Å². The molecule has 0 radical (unpaired) electrons. The molecule has 1 heterocycles. The summed E-state index contributed by atoms with van der Waals surface area (Å²) in [6, 6.07) is 6.52. The zero-order valence-corrected chi connectivity index (χ0v) is 39.2. The van der Waals surface area contributed by atoms with E-state index in [2.05, 4.69) is 22.2 Å². The van der Waals surface area contributed by atoms with Gasteiger partial charge in [0.1, 0.15) is 10.8 Å². The molecule has 1 aromatic heterocycles. The summed E-state index contributed by atoms with van der Waals surface area (Å²) in [6.07, 6.45) is -53.6. The van der Waals surface area contributed by atoms with Crippen molar-refractivity contribution in [3.63, 3.8) is 0 Å². The van der Waals surface area contributed by atoms with Crippen LogP contribution in [0.25, 0.3) is 10.2 Å². The third kappa shape index (κ3) is 13.5. The monoisotopic (exact) mass is 1170 g/mol. The highest BCUT2D eigenvalue weighted by Crippen LogP contribution is 2.41. The van der Waals surface area contributed by atoms with Crippen molar-refractivity contribution in [3.05, 3.63) is 177 Å². The lowest BCUT2D eigenvalue weighted by atomic mass is 9.12. The Bertz CT molecular complexity index is 2980. The van der Waals surface area contributed by atoms with E-state index in [9.17, 15) is 114 Å². The van der Waals surface area contributed by atoms with Gasteiger partial charge in [0, 0.05) is 17.9 Å². The van der Waals surface area contributed by atoms with Gasteiger partial charge in [-0.1, -0.05) is 84.1 Å². The van der Waals surface area contributed by atoms with Crippen LogP contribution in [0.4, 0.5) is 105 Å². The zero-order valence-electron chi connectivity index (χ0n) is 37.6. The third-order valence-electron chi connectivity index (χ3n) is 11.6. The van der Waals surface area contributed by atoms with Crippen LogP contribution in [0.3, 0.4) is 0 Å². The van der Waals surface area contributed by atoms with Gasteiger partial charge in [-0.05, 0) is 42.5 Å². The molecule has 77 heavy (non-hydrogen) atoms. The lowest BCUT2D eigenvalue weighted by molar-refractivity contribution is -0.658. The molecule has 0 N–H and O–H groups in total. The van der Waals surface area contributed by atoms with Crippen LogP contribution in [0, 0.1) is 0 Å². The van der Waals surface area contributed by atoms with E-state index in [4.69, 9.17) is 0 Å². The molecule has 0 fully saturated rings. The van der Waals surface area contributed by atoms with Crippen LogP contribution in [-0.4, -0.2) is 20.8 Å². The molecular formula is C47H26BF24NO2S2. The molecule has 6 aromatic carbocycles. The summed E-state index contributed by atoms with van der Waals surface area (Å²) in [5, 5.41) is 0. The Morgan fingerprint density at radius 3 is 0.896 bits per heavy atom. The van der Waals surface area contributed by atoms with Crippen LogP contribution >= 0.6 is 11.3 Å². The van der Waals surface area contributed by atoms with E-state index in [1.54, 1.807) is 23.5 Å². The Hall–Kier alpha value is -6.46. The third-order valence-corrected chi connectivity index (χ3v) is 13.7. The Labute approximate surface area is 420 Å². The maximum Gasteiger partial charge on any atom is 0.416 e. The van der Waals surface area contributed by atoms with Crippen molar-refractivity contribution in [1.82, 2.24) is 0 Å². The number of alkyl halides is 24. The summed E-state index contributed by atoms with van der Waals surface area (Å²) in [5.41, 5.74) is -25.8. The van der Waals surface area contributed by atoms with E-state index >= 15 is 0 Å². The van der Waals surface area contributed by atoms with Gasteiger partial charge < -0.3 is 0 Å². The number of halogens is 24. The molecule has 0 amide bonds. The molecule has 0 spiro atoms. The van der Waals surface area contributed by atoms with Crippen molar-refractivity contribution < 1.29 is 118 Å². The summed E-state index contributed by atoms with van der Waals surface area (Å²) in [7, 11) is -3.12. The number of aromatic nitrogens is 1. The molecule has 0 atom stereocenters. The van der Waals surface area contributed by atoms with E-state index in [0.29, 0.717) is 4.90 Å². The smallest absolute Gasteiger partial charge is 0.224 e. The van der Waals surface area contributed by atoms with Gasteiger partial charge in [0.25, 0.3) is 0 Å². The molecule has 7 aromatic rings. The first-order valence-electron chi connectivity index (χ1n) is 20.8. The highest BCUT2D eigenvalue weighted by atomic mass is 32.2. The quantitative estimate of drug-likeness (QED) is 0.0906. The minimum Gasteiger partial charge on any atom is -0.224 e. The second-order valence-corrected chi connectivity index (χ2v) is 19.9. The number of nitrogens with zero attached hydrogens (tertiary/aromatic N) is 1. The van der Waals surface area contributed by atoms with Gasteiger partial charge in [-0.15, -0.1) is 0 Å². The molecule has 0 saturated carbocycles. The number of thiazole rings is 1. The molecule has 0 bridgehead atoms. The fourth-order valence-electron chi connectivity index (χ4n) is 8.20. The summed E-state index contributed by atoms with van der Waals surface area (Å²) < 4.78 is 367. The van der Waals surface area contributed by atoms with Gasteiger partial charge in [-0.25, -0.2) is 8.42 Å². The van der Waals surface area contributed by atoms with Crippen molar-refractivity contribution in [2.24, 2.45) is 0 Å². The van der Waals surface area contributed by atoms with Crippen LogP contribution in [-0.2, 0) is 65.8 Å². The first kappa shape index (κ1) is 59.8. The van der Waals surface area contributed by atoms with E-state index in [1.807, 2.05) is 24.3 Å². The first-order valence-corrected chi connectivity index (χ1v) is 23.6. The number of hydrogen-bond donors (Lipinski definition) is 0. The lowest BCUT2D eigenvalue weighted by Gasteiger charge is -2.46. The highest BCUT2D eigenvalue weighted by molar-refractivity contribution is 7.90. The summed E-state index contributed by atoms with van der Waals surface area (Å²) in [6.45, 7) is 0.744. The van der Waals surface area contributed by atoms with Gasteiger partial charge in [0.15, 0.2) is 16.4 Å². The minimum absolute atomic E-state index is 0.362. The van der Waals surface area contributed by atoms with E-state index < -0.39 is 205 Å². The predicted molar refractivity (Wildman–Crippen MR) is 231 cm³/mol. The summed E-state index contributed by atoms with van der Waals surface area (Å²) in [5.74, 6) is 0. The summed E-state index contributed by atoms with van der Waals surface area (Å²) in [4.78, 5) is 0.362. The van der Waals surface area contributed by atoms with Crippen LogP contribution in [0.1, 0.15) is 50.1 Å². The van der Waals surface area contributed by atoms with Crippen LogP contribution in [0.5, 0.6) is 0 Å². The fraction of sp³-hybridized carbons (Fsp3) is 0.213. The molecule has 414 valence electrons.